The van der Waals surface area contributed by atoms with Gasteiger partial charge in [-0.3, -0.25) is 4.79 Å². The molecule has 1 aromatic carbocycles. The highest BCUT2D eigenvalue weighted by Crippen LogP contribution is 2.31. The van der Waals surface area contributed by atoms with Crippen LogP contribution in [-0.2, 0) is 0 Å². The molecule has 3 rings (SSSR count). The highest BCUT2D eigenvalue weighted by molar-refractivity contribution is 7.19. The fourth-order valence-electron chi connectivity index (χ4n) is 1.89. The van der Waals surface area contributed by atoms with Crippen molar-refractivity contribution in [3.63, 3.8) is 0 Å². The lowest BCUT2D eigenvalue weighted by molar-refractivity contribution is 0.0982. The maximum Gasteiger partial charge on any atom is 0.198 e. The second-order valence-corrected chi connectivity index (χ2v) is 7.07. The summed E-state index contributed by atoms with van der Waals surface area (Å²) in [6.07, 6.45) is 1.51. The monoisotopic (exact) mass is 333 g/mol. The molecule has 0 bridgehead atoms. The topological polar surface area (TPSA) is 66.6 Å². The van der Waals surface area contributed by atoms with E-state index < -0.39 is 5.92 Å². The Hall–Kier alpha value is -1.81. The predicted molar refractivity (Wildman–Crippen MR) is 84.2 cm³/mol. The number of rotatable bonds is 3. The molecule has 0 aliphatic rings. The van der Waals surface area contributed by atoms with Crippen LogP contribution in [0.3, 0.4) is 0 Å². The van der Waals surface area contributed by atoms with Gasteiger partial charge in [0.15, 0.2) is 11.7 Å². The molecular weight excluding hydrogens is 326 g/mol. The highest BCUT2D eigenvalue weighted by atomic mass is 35.5. The zero-order valence-corrected chi connectivity index (χ0v) is 13.2. The van der Waals surface area contributed by atoms with E-state index in [0.29, 0.717) is 20.4 Å². The smallest absolute Gasteiger partial charge is 0.198 e. The summed E-state index contributed by atoms with van der Waals surface area (Å²) in [5.74, 6) is -1.16. The maximum absolute atomic E-state index is 12.4. The van der Waals surface area contributed by atoms with Gasteiger partial charge in [-0.05, 0) is 25.1 Å². The molecule has 0 fully saturated rings. The molecule has 0 spiro atoms. The van der Waals surface area contributed by atoms with E-state index in [0.717, 1.165) is 9.71 Å². The molecule has 2 aromatic heterocycles. The van der Waals surface area contributed by atoms with Crippen LogP contribution in [0.2, 0.25) is 5.02 Å². The van der Waals surface area contributed by atoms with Crippen LogP contribution in [0.25, 0.3) is 10.2 Å². The first kappa shape index (κ1) is 14.1. The van der Waals surface area contributed by atoms with Crippen LogP contribution in [-0.4, -0.2) is 15.8 Å². The number of thiazole rings is 2. The van der Waals surface area contributed by atoms with Crippen molar-refractivity contribution in [2.75, 3.05) is 0 Å². The lowest BCUT2D eigenvalue weighted by Crippen LogP contribution is -2.09. The zero-order valence-electron chi connectivity index (χ0n) is 10.8. The third-order valence-electron chi connectivity index (χ3n) is 2.87. The van der Waals surface area contributed by atoms with Gasteiger partial charge in [-0.1, -0.05) is 11.6 Å². The Balaban J connectivity index is 2.02. The van der Waals surface area contributed by atoms with Gasteiger partial charge in [-0.25, -0.2) is 9.97 Å². The largest absolute Gasteiger partial charge is 0.291 e. The maximum atomic E-state index is 12.4. The molecule has 0 saturated heterocycles. The number of carbonyl (C=O) groups is 1. The summed E-state index contributed by atoms with van der Waals surface area (Å²) in [7, 11) is 0. The van der Waals surface area contributed by atoms with Crippen molar-refractivity contribution in [1.29, 1.82) is 5.26 Å². The average molecular weight is 334 g/mol. The Morgan fingerprint density at radius 3 is 2.90 bits per heavy atom. The summed E-state index contributed by atoms with van der Waals surface area (Å²) in [6.45, 7) is 1.82. The van der Waals surface area contributed by atoms with Crippen LogP contribution in [0, 0.1) is 18.3 Å². The van der Waals surface area contributed by atoms with Crippen molar-refractivity contribution in [2.24, 2.45) is 0 Å². The molecule has 0 unspecified atom stereocenters. The third kappa shape index (κ3) is 2.68. The van der Waals surface area contributed by atoms with Gasteiger partial charge in [-0.15, -0.1) is 22.7 Å². The number of nitrogens with zero attached hydrogens (tertiary/aromatic N) is 3. The molecule has 0 saturated carbocycles. The van der Waals surface area contributed by atoms with Crippen LogP contribution in [0.15, 0.2) is 24.4 Å². The van der Waals surface area contributed by atoms with E-state index in [2.05, 4.69) is 9.97 Å². The van der Waals surface area contributed by atoms with Gasteiger partial charge >= 0.3 is 0 Å². The molecule has 0 amide bonds. The lowest BCUT2D eigenvalue weighted by Gasteiger charge is -2.01. The van der Waals surface area contributed by atoms with Crippen molar-refractivity contribution < 1.29 is 4.79 Å². The number of hydrogen-bond donors (Lipinski definition) is 0. The summed E-state index contributed by atoms with van der Waals surface area (Å²) in [5.41, 5.74) is 0.705. The zero-order chi connectivity index (χ0) is 15.0. The first-order valence-corrected chi connectivity index (χ1v) is 8.02. The minimum atomic E-state index is -0.902. The molecule has 1 atom stereocenters. The van der Waals surface area contributed by atoms with Crippen molar-refractivity contribution in [2.45, 2.75) is 12.8 Å². The second-order valence-electron chi connectivity index (χ2n) is 4.33. The molecule has 7 heteroatoms. The van der Waals surface area contributed by atoms with Crippen molar-refractivity contribution in [3.05, 3.63) is 44.3 Å². The number of ketones is 1. The molecule has 0 aliphatic heterocycles. The second kappa shape index (κ2) is 5.53. The molecule has 21 heavy (non-hydrogen) atoms. The number of carbonyl (C=O) groups excluding carboxylic acids is 1. The Bertz CT molecular complexity index is 878. The van der Waals surface area contributed by atoms with Crippen molar-refractivity contribution >= 4 is 50.3 Å². The number of nitriles is 1. The van der Waals surface area contributed by atoms with Gasteiger partial charge in [0, 0.05) is 11.2 Å². The van der Waals surface area contributed by atoms with E-state index in [4.69, 9.17) is 11.6 Å². The summed E-state index contributed by atoms with van der Waals surface area (Å²) < 4.78 is 0.905. The van der Waals surface area contributed by atoms with Crippen molar-refractivity contribution in [3.8, 4) is 6.07 Å². The summed E-state index contributed by atoms with van der Waals surface area (Å²) in [5, 5.41) is 11.2. The number of aryl methyl sites for hydroxylation is 1. The van der Waals surface area contributed by atoms with Crippen LogP contribution in [0.1, 0.15) is 25.6 Å². The van der Waals surface area contributed by atoms with Gasteiger partial charge < -0.3 is 0 Å². The third-order valence-corrected chi connectivity index (χ3v) is 5.13. The molecule has 4 nitrogen and oxygen atoms in total. The fourth-order valence-corrected chi connectivity index (χ4v) is 3.79. The summed E-state index contributed by atoms with van der Waals surface area (Å²) >= 11 is 8.56. The lowest BCUT2D eigenvalue weighted by atomic mass is 10.1. The number of benzene rings is 1. The first-order valence-electron chi connectivity index (χ1n) is 6.00. The predicted octanol–water partition coefficient (Wildman–Crippen LogP) is 4.20. The van der Waals surface area contributed by atoms with E-state index in [-0.39, 0.29) is 5.78 Å². The van der Waals surface area contributed by atoms with Crippen molar-refractivity contribution in [1.82, 2.24) is 9.97 Å². The van der Waals surface area contributed by atoms with Crippen LogP contribution < -0.4 is 0 Å². The number of halogens is 1. The van der Waals surface area contributed by atoms with Gasteiger partial charge in [0.25, 0.3) is 0 Å². The van der Waals surface area contributed by atoms with Crippen LogP contribution >= 0.6 is 34.3 Å². The Morgan fingerprint density at radius 1 is 1.43 bits per heavy atom. The SMILES string of the molecule is Cc1ncc(C(=O)[C@@H](C#N)c2nc3cc(Cl)ccc3s2)s1. The van der Waals surface area contributed by atoms with E-state index in [1.165, 1.54) is 28.9 Å². The quantitative estimate of drug-likeness (QED) is 0.673. The standard InChI is InChI=1S/C14H8ClN3OS2/c1-7-17-6-12(20-7)13(19)9(5-16)14-18-10-4-8(15)2-3-11(10)21-14/h2-4,6,9H,1H3/t9-/m1/s1. The van der Waals surface area contributed by atoms with E-state index in [9.17, 15) is 10.1 Å². The Labute approximate surface area is 133 Å². The molecule has 104 valence electrons. The van der Waals surface area contributed by atoms with E-state index >= 15 is 0 Å². The Morgan fingerprint density at radius 2 is 2.24 bits per heavy atom. The number of aromatic nitrogens is 2. The molecular formula is C14H8ClN3OS2. The summed E-state index contributed by atoms with van der Waals surface area (Å²) in [6, 6.07) is 7.38. The van der Waals surface area contributed by atoms with Crippen LogP contribution in [0.4, 0.5) is 0 Å². The molecule has 0 aliphatic carbocycles. The van der Waals surface area contributed by atoms with Gasteiger partial charge in [-0.2, -0.15) is 5.26 Å². The van der Waals surface area contributed by atoms with Gasteiger partial charge in [0.1, 0.15) is 5.01 Å². The highest BCUT2D eigenvalue weighted by Gasteiger charge is 2.26. The first-order chi connectivity index (χ1) is 10.1. The molecule has 3 aromatic rings. The number of Topliss-reactive ketones (excluding diaryl/α,β-unsaturated/α-hetero) is 1. The number of hydrogen-bond acceptors (Lipinski definition) is 6. The van der Waals surface area contributed by atoms with E-state index in [1.54, 1.807) is 12.1 Å². The fraction of sp³-hybridized carbons (Fsp3) is 0.143. The minimum absolute atomic E-state index is 0.256. The minimum Gasteiger partial charge on any atom is -0.291 e. The summed E-state index contributed by atoms with van der Waals surface area (Å²) in [4.78, 5) is 21.3. The average Bonchev–Trinajstić information content (AvgIpc) is 3.05. The number of fused-ring (bicyclic) bond motifs is 1. The molecule has 0 N–H and O–H groups in total. The molecule has 2 heterocycles. The normalized spacial score (nSPS) is 12.2. The van der Waals surface area contributed by atoms with Gasteiger partial charge in [0.05, 0.1) is 26.2 Å². The molecule has 0 radical (unpaired) electrons. The van der Waals surface area contributed by atoms with Gasteiger partial charge in [0.2, 0.25) is 0 Å². The van der Waals surface area contributed by atoms with Crippen LogP contribution in [0.5, 0.6) is 0 Å². The Kier molecular flexibility index (Phi) is 3.72. The van der Waals surface area contributed by atoms with E-state index in [1.807, 2.05) is 19.1 Å².